The Hall–Kier alpha value is -2.84. The molecule has 2 atom stereocenters. The SMILES string of the molecule is CCOCC(OCc1ccc(C(=O)NC(CCSC)C(=O)O)c(-c2ccccc2C)c1)c1cccc(Cl)c1. The summed E-state index contributed by atoms with van der Waals surface area (Å²) < 4.78 is 11.9. The van der Waals surface area contributed by atoms with E-state index < -0.39 is 17.9 Å². The van der Waals surface area contributed by atoms with Gasteiger partial charge in [-0.2, -0.15) is 11.8 Å². The highest BCUT2D eigenvalue weighted by molar-refractivity contribution is 7.98. The fourth-order valence-corrected chi connectivity index (χ4v) is 4.75. The van der Waals surface area contributed by atoms with Gasteiger partial charge in [-0.25, -0.2) is 4.79 Å². The number of hydrogen-bond acceptors (Lipinski definition) is 5. The summed E-state index contributed by atoms with van der Waals surface area (Å²) in [7, 11) is 0. The molecular formula is C30H34ClNO5S. The summed E-state index contributed by atoms with van der Waals surface area (Å²) in [6, 6.07) is 19.9. The van der Waals surface area contributed by atoms with Crippen LogP contribution in [0.15, 0.2) is 66.7 Å². The summed E-state index contributed by atoms with van der Waals surface area (Å²) in [5, 5.41) is 12.9. The monoisotopic (exact) mass is 555 g/mol. The van der Waals surface area contributed by atoms with Gasteiger partial charge in [0.05, 0.1) is 13.2 Å². The molecule has 38 heavy (non-hydrogen) atoms. The van der Waals surface area contributed by atoms with Crippen molar-refractivity contribution in [3.8, 4) is 11.1 Å². The van der Waals surface area contributed by atoms with Gasteiger partial charge in [-0.05, 0) is 84.4 Å². The van der Waals surface area contributed by atoms with E-state index in [1.54, 1.807) is 17.8 Å². The van der Waals surface area contributed by atoms with E-state index in [0.717, 1.165) is 27.8 Å². The number of nitrogens with one attached hydrogen (secondary N) is 1. The summed E-state index contributed by atoms with van der Waals surface area (Å²) in [6.07, 6.45) is 1.94. The predicted molar refractivity (Wildman–Crippen MR) is 154 cm³/mol. The Kier molecular flexibility index (Phi) is 11.7. The van der Waals surface area contributed by atoms with Crippen LogP contribution in [0.25, 0.3) is 11.1 Å². The molecule has 0 saturated heterocycles. The molecule has 6 nitrogen and oxygen atoms in total. The van der Waals surface area contributed by atoms with Crippen LogP contribution in [0, 0.1) is 6.92 Å². The van der Waals surface area contributed by atoms with Crippen molar-refractivity contribution >= 4 is 35.2 Å². The van der Waals surface area contributed by atoms with Gasteiger partial charge in [-0.15, -0.1) is 0 Å². The zero-order valence-electron chi connectivity index (χ0n) is 21.9. The molecule has 3 aromatic rings. The normalized spacial score (nSPS) is 12.6. The van der Waals surface area contributed by atoms with Crippen LogP contribution in [0.5, 0.6) is 0 Å². The number of aryl methyl sites for hydroxylation is 1. The van der Waals surface area contributed by atoms with Gasteiger partial charge in [0, 0.05) is 17.2 Å². The number of carboxylic acids is 1. The maximum Gasteiger partial charge on any atom is 0.326 e. The predicted octanol–water partition coefficient (Wildman–Crippen LogP) is 6.55. The molecule has 3 aromatic carbocycles. The Labute approximate surface area is 233 Å². The molecule has 0 heterocycles. The highest BCUT2D eigenvalue weighted by Gasteiger charge is 2.23. The van der Waals surface area contributed by atoms with E-state index in [0.29, 0.717) is 36.0 Å². The first-order valence-electron chi connectivity index (χ1n) is 12.5. The highest BCUT2D eigenvalue weighted by atomic mass is 35.5. The lowest BCUT2D eigenvalue weighted by Crippen LogP contribution is -2.41. The highest BCUT2D eigenvalue weighted by Crippen LogP contribution is 2.30. The molecule has 0 aliphatic carbocycles. The molecule has 3 rings (SSSR count). The maximum absolute atomic E-state index is 13.3. The third kappa shape index (κ3) is 8.33. The molecule has 0 saturated carbocycles. The topological polar surface area (TPSA) is 84.9 Å². The van der Waals surface area contributed by atoms with E-state index in [1.807, 2.05) is 80.8 Å². The van der Waals surface area contributed by atoms with E-state index in [-0.39, 0.29) is 12.7 Å². The molecule has 0 aromatic heterocycles. The van der Waals surface area contributed by atoms with Crippen LogP contribution in [-0.2, 0) is 20.9 Å². The molecule has 0 spiro atoms. The van der Waals surface area contributed by atoms with E-state index in [4.69, 9.17) is 21.1 Å². The van der Waals surface area contributed by atoms with Crippen molar-refractivity contribution in [2.24, 2.45) is 0 Å². The Morgan fingerprint density at radius 3 is 2.53 bits per heavy atom. The molecular weight excluding hydrogens is 522 g/mol. The Balaban J connectivity index is 1.90. The Bertz CT molecular complexity index is 1230. The number of amides is 1. The molecule has 2 N–H and O–H groups in total. The second kappa shape index (κ2) is 14.9. The lowest BCUT2D eigenvalue weighted by molar-refractivity contribution is -0.139. The second-order valence-electron chi connectivity index (χ2n) is 8.85. The first kappa shape index (κ1) is 29.7. The maximum atomic E-state index is 13.3. The number of carboxylic acid groups (broad SMARTS) is 1. The van der Waals surface area contributed by atoms with E-state index >= 15 is 0 Å². The average molecular weight is 556 g/mol. The molecule has 8 heteroatoms. The van der Waals surface area contributed by atoms with Crippen LogP contribution in [-0.4, -0.2) is 48.2 Å². The number of halogens is 1. The second-order valence-corrected chi connectivity index (χ2v) is 10.3. The first-order chi connectivity index (χ1) is 18.3. The lowest BCUT2D eigenvalue weighted by Gasteiger charge is -2.20. The summed E-state index contributed by atoms with van der Waals surface area (Å²) in [5.74, 6) is -0.832. The number of hydrogen-bond donors (Lipinski definition) is 2. The zero-order valence-corrected chi connectivity index (χ0v) is 23.5. The third-order valence-electron chi connectivity index (χ3n) is 6.12. The zero-order chi connectivity index (χ0) is 27.5. The minimum Gasteiger partial charge on any atom is -0.480 e. The van der Waals surface area contributed by atoms with Gasteiger partial charge in [0.25, 0.3) is 5.91 Å². The summed E-state index contributed by atoms with van der Waals surface area (Å²) in [6.45, 7) is 5.15. The molecule has 0 aliphatic heterocycles. The van der Waals surface area contributed by atoms with Crippen molar-refractivity contribution in [1.82, 2.24) is 5.32 Å². The molecule has 2 unspecified atom stereocenters. The Morgan fingerprint density at radius 1 is 1.05 bits per heavy atom. The van der Waals surface area contributed by atoms with Crippen LogP contribution in [0.1, 0.15) is 46.5 Å². The van der Waals surface area contributed by atoms with Crippen molar-refractivity contribution < 1.29 is 24.2 Å². The number of ether oxygens (including phenoxy) is 2. The number of thioether (sulfide) groups is 1. The van der Waals surface area contributed by atoms with Crippen molar-refractivity contribution in [3.63, 3.8) is 0 Å². The smallest absolute Gasteiger partial charge is 0.326 e. The van der Waals surface area contributed by atoms with E-state index in [1.165, 1.54) is 0 Å². The quantitative estimate of drug-likeness (QED) is 0.235. The van der Waals surface area contributed by atoms with Gasteiger partial charge >= 0.3 is 5.97 Å². The summed E-state index contributed by atoms with van der Waals surface area (Å²) >= 11 is 7.74. The summed E-state index contributed by atoms with van der Waals surface area (Å²) in [5.41, 5.74) is 4.84. The van der Waals surface area contributed by atoms with Crippen molar-refractivity contribution in [2.45, 2.75) is 39.0 Å². The largest absolute Gasteiger partial charge is 0.480 e. The Morgan fingerprint density at radius 2 is 1.84 bits per heavy atom. The van der Waals surface area contributed by atoms with Gasteiger partial charge in [0.2, 0.25) is 0 Å². The number of aliphatic carboxylic acids is 1. The molecule has 0 fully saturated rings. The molecule has 0 aliphatic rings. The molecule has 202 valence electrons. The minimum atomic E-state index is -1.05. The van der Waals surface area contributed by atoms with Crippen molar-refractivity contribution in [3.05, 3.63) is 94.0 Å². The molecule has 0 radical (unpaired) electrons. The lowest BCUT2D eigenvalue weighted by atomic mass is 9.93. The molecule has 0 bridgehead atoms. The van der Waals surface area contributed by atoms with Crippen LogP contribution >= 0.6 is 23.4 Å². The van der Waals surface area contributed by atoms with Gasteiger partial charge in [0.15, 0.2) is 0 Å². The number of carbonyl (C=O) groups excluding carboxylic acids is 1. The number of rotatable bonds is 14. The average Bonchev–Trinajstić information content (AvgIpc) is 2.91. The van der Waals surface area contributed by atoms with Gasteiger partial charge < -0.3 is 19.9 Å². The number of carbonyl (C=O) groups is 2. The van der Waals surface area contributed by atoms with Gasteiger partial charge in [-0.1, -0.05) is 54.1 Å². The fraction of sp³-hybridized carbons (Fsp3) is 0.333. The minimum absolute atomic E-state index is 0.288. The van der Waals surface area contributed by atoms with Gasteiger partial charge in [-0.3, -0.25) is 4.79 Å². The van der Waals surface area contributed by atoms with Gasteiger partial charge in [0.1, 0.15) is 12.1 Å². The summed E-state index contributed by atoms with van der Waals surface area (Å²) in [4.78, 5) is 25.0. The third-order valence-corrected chi connectivity index (χ3v) is 7.00. The van der Waals surface area contributed by atoms with Crippen LogP contribution < -0.4 is 5.32 Å². The van der Waals surface area contributed by atoms with Crippen molar-refractivity contribution in [1.29, 1.82) is 0 Å². The number of benzene rings is 3. The van der Waals surface area contributed by atoms with E-state index in [2.05, 4.69) is 5.32 Å². The van der Waals surface area contributed by atoms with Crippen LogP contribution in [0.2, 0.25) is 5.02 Å². The first-order valence-corrected chi connectivity index (χ1v) is 14.3. The fourth-order valence-electron chi connectivity index (χ4n) is 4.08. The van der Waals surface area contributed by atoms with Crippen LogP contribution in [0.3, 0.4) is 0 Å². The van der Waals surface area contributed by atoms with E-state index in [9.17, 15) is 14.7 Å². The van der Waals surface area contributed by atoms with Crippen LogP contribution in [0.4, 0.5) is 0 Å². The standard InChI is InChI=1S/C30H34ClNO5S/c1-4-36-19-28(22-9-7-10-23(31)17-22)37-18-21-12-13-25(26(16-21)24-11-6-5-8-20(24)2)29(33)32-27(30(34)35)14-15-38-3/h5-13,16-17,27-28H,4,14-15,18-19H2,1-3H3,(H,32,33)(H,34,35). The van der Waals surface area contributed by atoms with Crippen molar-refractivity contribution in [2.75, 3.05) is 25.2 Å². The molecule has 1 amide bonds.